The van der Waals surface area contributed by atoms with Crippen LogP contribution >= 0.6 is 0 Å². The summed E-state index contributed by atoms with van der Waals surface area (Å²) in [7, 11) is 0. The molecule has 9 nitrogen and oxygen atoms in total. The van der Waals surface area contributed by atoms with Crippen molar-refractivity contribution in [2.24, 2.45) is 10.7 Å². The van der Waals surface area contributed by atoms with Gasteiger partial charge in [-0.3, -0.25) is 15.8 Å². The van der Waals surface area contributed by atoms with Gasteiger partial charge in [-0.05, 0) is 31.5 Å². The molecular formula is C20H28N8O. The maximum atomic E-state index is 6.78. The van der Waals surface area contributed by atoms with Crippen LogP contribution in [0.15, 0.2) is 35.5 Å². The summed E-state index contributed by atoms with van der Waals surface area (Å²) in [5.74, 6) is 0.594. The summed E-state index contributed by atoms with van der Waals surface area (Å²) in [6.07, 6.45) is 3.99. The molecule has 0 saturated carbocycles. The third kappa shape index (κ3) is 3.68. The lowest BCUT2D eigenvalue weighted by molar-refractivity contribution is 0.122. The molecule has 154 valence electrons. The van der Waals surface area contributed by atoms with Crippen molar-refractivity contribution in [3.8, 4) is 0 Å². The average molecular weight is 396 g/mol. The molecule has 1 aromatic carbocycles. The minimum atomic E-state index is -0.968. The first kappa shape index (κ1) is 18.4. The number of nitrogens with one attached hydrogen (secondary N) is 4. The number of nitrogens with zero attached hydrogens (tertiary/aromatic N) is 3. The summed E-state index contributed by atoms with van der Waals surface area (Å²) < 4.78 is 5.45. The Bertz CT molecular complexity index is 867. The Morgan fingerprint density at radius 1 is 1.17 bits per heavy atom. The van der Waals surface area contributed by atoms with Crippen LogP contribution in [0, 0.1) is 0 Å². The van der Waals surface area contributed by atoms with Gasteiger partial charge < -0.3 is 25.6 Å². The van der Waals surface area contributed by atoms with Crippen molar-refractivity contribution in [2.45, 2.75) is 24.7 Å². The van der Waals surface area contributed by atoms with Gasteiger partial charge in [0.1, 0.15) is 11.7 Å². The number of benzene rings is 1. The Hall–Kier alpha value is -2.62. The minimum Gasteiger partial charge on any atom is -0.378 e. The van der Waals surface area contributed by atoms with Gasteiger partial charge in [0.15, 0.2) is 5.79 Å². The van der Waals surface area contributed by atoms with E-state index in [1.165, 1.54) is 5.69 Å². The molecule has 0 amide bonds. The lowest BCUT2D eigenvalue weighted by Crippen LogP contribution is -2.61. The van der Waals surface area contributed by atoms with Crippen molar-refractivity contribution in [1.82, 2.24) is 20.8 Å². The van der Waals surface area contributed by atoms with Crippen LogP contribution in [0.3, 0.4) is 0 Å². The number of aromatic nitrogens is 2. The van der Waals surface area contributed by atoms with E-state index in [2.05, 4.69) is 55.3 Å². The predicted molar refractivity (Wildman–Crippen MR) is 113 cm³/mol. The maximum Gasteiger partial charge on any atom is 0.191 e. The normalized spacial score (nSPS) is 28.5. The standard InChI is InChI=1S/C20H28N8O/c21-20(14-3-5-16(6-4-14)28-8-10-29-11-9-28)25-18(17-13-23-27-19(17)26-20)24-15-2-1-7-22-12-15/h3-6,13,15,22H,1-2,7-12,21H2,(H,24,25)(H2,23,26,27). The van der Waals surface area contributed by atoms with Crippen LogP contribution in [0.5, 0.6) is 0 Å². The van der Waals surface area contributed by atoms with Crippen molar-refractivity contribution < 1.29 is 4.74 Å². The molecule has 0 spiro atoms. The molecule has 2 saturated heterocycles. The Morgan fingerprint density at radius 3 is 2.76 bits per heavy atom. The summed E-state index contributed by atoms with van der Waals surface area (Å²) in [6, 6.07) is 8.59. The number of piperidine rings is 1. The lowest BCUT2D eigenvalue weighted by atomic mass is 10.0. The monoisotopic (exact) mass is 396 g/mol. The number of hydrogen-bond acceptors (Lipinski definition) is 7. The van der Waals surface area contributed by atoms with Gasteiger partial charge in [0, 0.05) is 30.9 Å². The zero-order chi connectivity index (χ0) is 19.7. The molecule has 0 bridgehead atoms. The minimum absolute atomic E-state index is 0.236. The molecule has 3 aliphatic rings. The second kappa shape index (κ2) is 7.66. The van der Waals surface area contributed by atoms with Gasteiger partial charge in [-0.15, -0.1) is 0 Å². The number of aliphatic imine (C=N–C) groups is 1. The zero-order valence-electron chi connectivity index (χ0n) is 16.4. The third-order valence-corrected chi connectivity index (χ3v) is 5.81. The van der Waals surface area contributed by atoms with E-state index in [-0.39, 0.29) is 6.04 Å². The highest BCUT2D eigenvalue weighted by Gasteiger charge is 2.36. The van der Waals surface area contributed by atoms with Gasteiger partial charge in [-0.1, -0.05) is 12.1 Å². The average Bonchev–Trinajstić information content (AvgIpc) is 3.24. The number of morpholine rings is 1. The van der Waals surface area contributed by atoms with Crippen molar-refractivity contribution in [3.63, 3.8) is 0 Å². The molecule has 5 rings (SSSR count). The summed E-state index contributed by atoms with van der Waals surface area (Å²) in [5, 5.41) is 17.4. The van der Waals surface area contributed by atoms with E-state index in [9.17, 15) is 0 Å². The summed E-state index contributed by atoms with van der Waals surface area (Å²) >= 11 is 0. The van der Waals surface area contributed by atoms with E-state index < -0.39 is 5.79 Å². The second-order valence-electron chi connectivity index (χ2n) is 7.84. The highest BCUT2D eigenvalue weighted by atomic mass is 16.5. The molecule has 6 N–H and O–H groups in total. The highest BCUT2D eigenvalue weighted by molar-refractivity contribution is 6.05. The third-order valence-electron chi connectivity index (χ3n) is 5.81. The lowest BCUT2D eigenvalue weighted by Gasteiger charge is -2.38. The van der Waals surface area contributed by atoms with Gasteiger partial charge in [0.2, 0.25) is 0 Å². The van der Waals surface area contributed by atoms with Crippen molar-refractivity contribution in [1.29, 1.82) is 0 Å². The highest BCUT2D eigenvalue weighted by Crippen LogP contribution is 2.28. The first-order valence-electron chi connectivity index (χ1n) is 10.3. The molecule has 4 heterocycles. The number of rotatable bonds is 3. The maximum absolute atomic E-state index is 6.78. The SMILES string of the molecule is NC1(c2ccc(N3CCOCC3)cc2)NC(=NC2CCCNC2)c2cn[nH]c2N1. The topological polar surface area (TPSA) is 116 Å². The summed E-state index contributed by atoms with van der Waals surface area (Å²) in [4.78, 5) is 7.29. The molecule has 0 aliphatic carbocycles. The van der Waals surface area contributed by atoms with Crippen molar-refractivity contribution in [3.05, 3.63) is 41.6 Å². The van der Waals surface area contributed by atoms with Gasteiger partial charge >= 0.3 is 0 Å². The van der Waals surface area contributed by atoms with Gasteiger partial charge in [0.05, 0.1) is 31.0 Å². The number of hydrogen-bond donors (Lipinski definition) is 5. The number of H-pyrrole nitrogens is 1. The smallest absolute Gasteiger partial charge is 0.191 e. The summed E-state index contributed by atoms with van der Waals surface area (Å²) in [5.41, 5.74) is 9.81. The number of fused-ring (bicyclic) bond motifs is 1. The van der Waals surface area contributed by atoms with Crippen LogP contribution in [-0.4, -0.2) is 61.5 Å². The Balaban J connectivity index is 1.41. The molecule has 2 fully saturated rings. The summed E-state index contributed by atoms with van der Waals surface area (Å²) in [6.45, 7) is 5.30. The Kier molecular flexibility index (Phi) is 4.86. The molecular weight excluding hydrogens is 368 g/mol. The molecule has 9 heteroatoms. The fraction of sp³-hybridized carbons (Fsp3) is 0.500. The van der Waals surface area contributed by atoms with Crippen LogP contribution in [-0.2, 0) is 10.5 Å². The predicted octanol–water partition coefficient (Wildman–Crippen LogP) is 0.529. The molecule has 2 aromatic rings. The van der Waals surface area contributed by atoms with Gasteiger partial charge in [0.25, 0.3) is 0 Å². The van der Waals surface area contributed by atoms with E-state index >= 15 is 0 Å². The molecule has 29 heavy (non-hydrogen) atoms. The Morgan fingerprint density at radius 2 is 2.00 bits per heavy atom. The van der Waals surface area contributed by atoms with Gasteiger partial charge in [-0.2, -0.15) is 5.10 Å². The number of anilines is 2. The molecule has 2 atom stereocenters. The quantitative estimate of drug-likeness (QED) is 0.514. The molecule has 0 radical (unpaired) electrons. The van der Waals surface area contributed by atoms with E-state index in [4.69, 9.17) is 15.5 Å². The Labute approximate surface area is 170 Å². The molecule has 1 aromatic heterocycles. The zero-order valence-corrected chi connectivity index (χ0v) is 16.4. The fourth-order valence-electron chi connectivity index (χ4n) is 4.17. The van der Waals surface area contributed by atoms with Crippen LogP contribution < -0.4 is 26.6 Å². The molecule has 3 aliphatic heterocycles. The van der Waals surface area contributed by atoms with E-state index in [0.29, 0.717) is 0 Å². The van der Waals surface area contributed by atoms with Crippen LogP contribution in [0.1, 0.15) is 24.0 Å². The largest absolute Gasteiger partial charge is 0.378 e. The van der Waals surface area contributed by atoms with E-state index in [1.807, 2.05) is 0 Å². The van der Waals surface area contributed by atoms with Crippen molar-refractivity contribution >= 4 is 17.3 Å². The number of nitrogens with two attached hydrogens (primary N) is 1. The van der Waals surface area contributed by atoms with Gasteiger partial charge in [-0.25, -0.2) is 0 Å². The van der Waals surface area contributed by atoms with Crippen LogP contribution in [0.2, 0.25) is 0 Å². The van der Waals surface area contributed by atoms with E-state index in [1.54, 1.807) is 6.20 Å². The number of aromatic amines is 1. The van der Waals surface area contributed by atoms with Crippen LogP contribution in [0.4, 0.5) is 11.5 Å². The van der Waals surface area contributed by atoms with Crippen LogP contribution in [0.25, 0.3) is 0 Å². The van der Waals surface area contributed by atoms with Crippen molar-refractivity contribution in [2.75, 3.05) is 49.6 Å². The number of ether oxygens (including phenoxy) is 1. The number of amidine groups is 1. The fourth-order valence-corrected chi connectivity index (χ4v) is 4.17. The van der Waals surface area contributed by atoms with E-state index in [0.717, 1.165) is 75.0 Å². The second-order valence-corrected chi connectivity index (χ2v) is 7.84. The molecule has 2 unspecified atom stereocenters. The first-order chi connectivity index (χ1) is 14.2. The first-order valence-corrected chi connectivity index (χ1v) is 10.3.